The molecule has 1 aliphatic carbocycles. The van der Waals surface area contributed by atoms with Gasteiger partial charge in [0.1, 0.15) is 0 Å². The molecule has 0 heterocycles. The fourth-order valence-electron chi connectivity index (χ4n) is 1.64. The molecule has 98 valence electrons. The Labute approximate surface area is 114 Å². The SMILES string of the molecule is CC1CC1NC(=O)c1ccc(Br)c(S(N)(=O)=O)c1. The molecule has 1 aliphatic rings. The lowest BCUT2D eigenvalue weighted by Gasteiger charge is -2.07. The lowest BCUT2D eigenvalue weighted by Crippen LogP contribution is -2.27. The first-order valence-corrected chi connectivity index (χ1v) is 7.76. The second-order valence-corrected chi connectivity index (χ2v) is 6.87. The molecule has 18 heavy (non-hydrogen) atoms. The number of primary sulfonamides is 1. The highest BCUT2D eigenvalue weighted by Gasteiger charge is 2.34. The molecule has 7 heteroatoms. The Hall–Kier alpha value is -0.920. The Balaban J connectivity index is 2.27. The average molecular weight is 333 g/mol. The van der Waals surface area contributed by atoms with Gasteiger partial charge in [-0.3, -0.25) is 4.79 Å². The van der Waals surface area contributed by atoms with Crippen molar-refractivity contribution in [2.24, 2.45) is 11.1 Å². The van der Waals surface area contributed by atoms with Gasteiger partial charge in [0.2, 0.25) is 10.0 Å². The van der Waals surface area contributed by atoms with E-state index in [1.54, 1.807) is 6.07 Å². The van der Waals surface area contributed by atoms with Crippen LogP contribution < -0.4 is 10.5 Å². The molecule has 0 aliphatic heterocycles. The Bertz CT molecular complexity index is 600. The zero-order valence-corrected chi connectivity index (χ0v) is 12.1. The smallest absolute Gasteiger partial charge is 0.251 e. The second-order valence-electron chi connectivity index (χ2n) is 4.48. The van der Waals surface area contributed by atoms with Crippen LogP contribution in [0.25, 0.3) is 0 Å². The van der Waals surface area contributed by atoms with Gasteiger partial charge in [-0.15, -0.1) is 0 Å². The lowest BCUT2D eigenvalue weighted by atomic mass is 10.2. The Morgan fingerprint density at radius 2 is 2.11 bits per heavy atom. The summed E-state index contributed by atoms with van der Waals surface area (Å²) in [5.74, 6) is 0.212. The minimum atomic E-state index is -3.84. The van der Waals surface area contributed by atoms with E-state index in [-0.39, 0.29) is 16.8 Å². The van der Waals surface area contributed by atoms with Gasteiger partial charge in [-0.25, -0.2) is 13.6 Å². The van der Waals surface area contributed by atoms with E-state index >= 15 is 0 Å². The highest BCUT2D eigenvalue weighted by atomic mass is 79.9. The molecule has 1 fully saturated rings. The maximum atomic E-state index is 11.9. The van der Waals surface area contributed by atoms with Gasteiger partial charge in [0, 0.05) is 16.1 Å². The predicted octanol–water partition coefficient (Wildman–Crippen LogP) is 1.23. The summed E-state index contributed by atoms with van der Waals surface area (Å²) in [6.07, 6.45) is 0.963. The van der Waals surface area contributed by atoms with Crippen LogP contribution in [0.15, 0.2) is 27.6 Å². The van der Waals surface area contributed by atoms with E-state index in [4.69, 9.17) is 5.14 Å². The number of benzene rings is 1. The summed E-state index contributed by atoms with van der Waals surface area (Å²) in [7, 11) is -3.84. The number of nitrogens with two attached hydrogens (primary N) is 1. The van der Waals surface area contributed by atoms with Crippen molar-refractivity contribution in [3.8, 4) is 0 Å². The van der Waals surface area contributed by atoms with Gasteiger partial charge in [0.25, 0.3) is 5.91 Å². The Morgan fingerprint density at radius 3 is 2.61 bits per heavy atom. The first-order valence-electron chi connectivity index (χ1n) is 5.42. The van der Waals surface area contributed by atoms with Crippen molar-refractivity contribution in [3.05, 3.63) is 28.2 Å². The summed E-state index contributed by atoms with van der Waals surface area (Å²) >= 11 is 3.10. The van der Waals surface area contributed by atoms with Gasteiger partial charge in [0.05, 0.1) is 4.90 Å². The molecule has 2 unspecified atom stereocenters. The Morgan fingerprint density at radius 1 is 1.50 bits per heavy atom. The van der Waals surface area contributed by atoms with Crippen LogP contribution in [-0.2, 0) is 10.0 Å². The molecule has 1 aromatic carbocycles. The molecule has 0 saturated heterocycles. The van der Waals surface area contributed by atoms with Crippen molar-refractivity contribution in [1.82, 2.24) is 5.32 Å². The Kier molecular flexibility index (Phi) is 3.48. The molecule has 1 aromatic rings. The molecule has 0 radical (unpaired) electrons. The number of amides is 1. The van der Waals surface area contributed by atoms with Gasteiger partial charge in [-0.1, -0.05) is 6.92 Å². The van der Waals surface area contributed by atoms with E-state index in [1.165, 1.54) is 12.1 Å². The largest absolute Gasteiger partial charge is 0.349 e. The highest BCUT2D eigenvalue weighted by Crippen LogP contribution is 2.29. The molecule has 0 aromatic heterocycles. The number of carbonyl (C=O) groups is 1. The van der Waals surface area contributed by atoms with Crippen LogP contribution in [0.1, 0.15) is 23.7 Å². The monoisotopic (exact) mass is 332 g/mol. The lowest BCUT2D eigenvalue weighted by molar-refractivity contribution is 0.0949. The van der Waals surface area contributed by atoms with E-state index < -0.39 is 10.0 Å². The minimum Gasteiger partial charge on any atom is -0.349 e. The molecule has 1 amide bonds. The van der Waals surface area contributed by atoms with Crippen LogP contribution in [-0.4, -0.2) is 20.4 Å². The van der Waals surface area contributed by atoms with Crippen LogP contribution in [0.5, 0.6) is 0 Å². The molecule has 2 atom stereocenters. The summed E-state index contributed by atoms with van der Waals surface area (Å²) in [6.45, 7) is 2.04. The fourth-order valence-corrected chi connectivity index (χ4v) is 3.19. The van der Waals surface area contributed by atoms with E-state index in [0.717, 1.165) is 6.42 Å². The summed E-state index contributed by atoms with van der Waals surface area (Å²) in [4.78, 5) is 11.8. The zero-order chi connectivity index (χ0) is 13.5. The maximum Gasteiger partial charge on any atom is 0.251 e. The van der Waals surface area contributed by atoms with E-state index in [9.17, 15) is 13.2 Å². The molecule has 0 spiro atoms. The van der Waals surface area contributed by atoms with E-state index in [0.29, 0.717) is 16.0 Å². The third-order valence-electron chi connectivity index (χ3n) is 2.93. The standard InChI is InChI=1S/C11H13BrN2O3S/c1-6-4-9(6)14-11(15)7-2-3-8(12)10(5-7)18(13,16)17/h2-3,5-6,9H,4H2,1H3,(H,14,15)(H2,13,16,17). The minimum absolute atomic E-state index is 0.0843. The molecule has 1 saturated carbocycles. The van der Waals surface area contributed by atoms with Crippen molar-refractivity contribution in [2.75, 3.05) is 0 Å². The first kappa shape index (κ1) is 13.5. The molecule has 5 nitrogen and oxygen atoms in total. The third-order valence-corrected chi connectivity index (χ3v) is 4.83. The van der Waals surface area contributed by atoms with Crippen molar-refractivity contribution in [3.63, 3.8) is 0 Å². The zero-order valence-electron chi connectivity index (χ0n) is 9.68. The number of hydrogen-bond donors (Lipinski definition) is 2. The first-order chi connectivity index (χ1) is 8.29. The second kappa shape index (κ2) is 4.64. The van der Waals surface area contributed by atoms with Crippen molar-refractivity contribution in [2.45, 2.75) is 24.3 Å². The van der Waals surface area contributed by atoms with Crippen molar-refractivity contribution in [1.29, 1.82) is 0 Å². The quantitative estimate of drug-likeness (QED) is 0.872. The van der Waals surface area contributed by atoms with Crippen LogP contribution in [0.2, 0.25) is 0 Å². The number of rotatable bonds is 3. The average Bonchev–Trinajstić information content (AvgIpc) is 2.93. The van der Waals surface area contributed by atoms with Crippen LogP contribution >= 0.6 is 15.9 Å². The van der Waals surface area contributed by atoms with Crippen LogP contribution in [0, 0.1) is 5.92 Å². The molecule has 2 rings (SSSR count). The number of nitrogens with one attached hydrogen (secondary N) is 1. The van der Waals surface area contributed by atoms with Gasteiger partial charge in [-0.05, 0) is 46.5 Å². The maximum absolute atomic E-state index is 11.9. The third kappa shape index (κ3) is 2.90. The number of halogens is 1. The van der Waals surface area contributed by atoms with E-state index in [1.807, 2.05) is 6.92 Å². The van der Waals surface area contributed by atoms with Gasteiger partial charge >= 0.3 is 0 Å². The molecular weight excluding hydrogens is 320 g/mol. The van der Waals surface area contributed by atoms with Crippen LogP contribution in [0.3, 0.4) is 0 Å². The highest BCUT2D eigenvalue weighted by molar-refractivity contribution is 9.10. The number of hydrogen-bond acceptors (Lipinski definition) is 3. The van der Waals surface area contributed by atoms with Gasteiger partial charge < -0.3 is 5.32 Å². The predicted molar refractivity (Wildman–Crippen MR) is 70.6 cm³/mol. The summed E-state index contributed by atoms with van der Waals surface area (Å²) in [5.41, 5.74) is 0.293. The number of carbonyl (C=O) groups excluding carboxylic acids is 1. The fraction of sp³-hybridized carbons (Fsp3) is 0.364. The number of sulfonamides is 1. The molecular formula is C11H13BrN2O3S. The molecule has 0 bridgehead atoms. The van der Waals surface area contributed by atoms with Crippen molar-refractivity contribution >= 4 is 31.9 Å². The summed E-state index contributed by atoms with van der Waals surface area (Å²) < 4.78 is 23.0. The molecule has 3 N–H and O–H groups in total. The van der Waals surface area contributed by atoms with Crippen molar-refractivity contribution < 1.29 is 13.2 Å². The summed E-state index contributed by atoms with van der Waals surface area (Å²) in [5, 5.41) is 7.90. The summed E-state index contributed by atoms with van der Waals surface area (Å²) in [6, 6.07) is 4.53. The van der Waals surface area contributed by atoms with Crippen LogP contribution in [0.4, 0.5) is 0 Å². The normalized spacial score (nSPS) is 22.6. The van der Waals surface area contributed by atoms with Gasteiger partial charge in [-0.2, -0.15) is 0 Å². The van der Waals surface area contributed by atoms with Gasteiger partial charge in [0.15, 0.2) is 0 Å². The topological polar surface area (TPSA) is 89.3 Å². The van der Waals surface area contributed by atoms with E-state index in [2.05, 4.69) is 21.2 Å².